The molecule has 0 amide bonds. The standard InChI is InChI=1S/C18H15ClN6/c1-12-3-2-4-15(9-12)22-17-16-18(21-11-20-17)25(24-23-16)10-13-5-7-14(19)8-6-13/h2-9,11H,10H2,1H3,(H,20,21,22). The van der Waals surface area contributed by atoms with Crippen molar-refractivity contribution >= 4 is 34.3 Å². The van der Waals surface area contributed by atoms with Crippen molar-refractivity contribution in [2.45, 2.75) is 13.5 Å². The largest absolute Gasteiger partial charge is 0.338 e. The van der Waals surface area contributed by atoms with Crippen LogP contribution in [0.4, 0.5) is 11.5 Å². The summed E-state index contributed by atoms with van der Waals surface area (Å²) in [6.45, 7) is 2.61. The first-order chi connectivity index (χ1) is 12.2. The molecule has 124 valence electrons. The summed E-state index contributed by atoms with van der Waals surface area (Å²) in [6, 6.07) is 15.7. The van der Waals surface area contributed by atoms with E-state index in [2.05, 4.69) is 25.6 Å². The van der Waals surface area contributed by atoms with Gasteiger partial charge in [-0.15, -0.1) is 5.10 Å². The molecule has 25 heavy (non-hydrogen) atoms. The van der Waals surface area contributed by atoms with Gasteiger partial charge in [-0.1, -0.05) is 41.1 Å². The van der Waals surface area contributed by atoms with Gasteiger partial charge in [0.1, 0.15) is 6.33 Å². The molecular formula is C18H15ClN6. The van der Waals surface area contributed by atoms with Gasteiger partial charge in [0.2, 0.25) is 0 Å². The van der Waals surface area contributed by atoms with Gasteiger partial charge in [-0.2, -0.15) is 0 Å². The number of hydrogen-bond donors (Lipinski definition) is 1. The maximum Gasteiger partial charge on any atom is 0.184 e. The van der Waals surface area contributed by atoms with E-state index in [0.717, 1.165) is 11.3 Å². The number of benzene rings is 2. The Kier molecular flexibility index (Phi) is 4.03. The quantitative estimate of drug-likeness (QED) is 0.603. The van der Waals surface area contributed by atoms with Crippen LogP contribution < -0.4 is 5.32 Å². The first-order valence-corrected chi connectivity index (χ1v) is 8.19. The summed E-state index contributed by atoms with van der Waals surface area (Å²) >= 11 is 5.93. The number of nitrogens with zero attached hydrogens (tertiary/aromatic N) is 5. The number of nitrogens with one attached hydrogen (secondary N) is 1. The Labute approximate surface area is 149 Å². The minimum atomic E-state index is 0.564. The second kappa shape index (κ2) is 6.49. The van der Waals surface area contributed by atoms with Gasteiger partial charge in [0, 0.05) is 10.7 Å². The first-order valence-electron chi connectivity index (χ1n) is 7.81. The summed E-state index contributed by atoms with van der Waals surface area (Å²) in [5.41, 5.74) is 4.51. The van der Waals surface area contributed by atoms with Gasteiger partial charge >= 0.3 is 0 Å². The molecule has 0 spiro atoms. The minimum Gasteiger partial charge on any atom is -0.338 e. The zero-order valence-corrected chi connectivity index (χ0v) is 14.3. The maximum atomic E-state index is 5.93. The molecule has 0 atom stereocenters. The molecule has 7 heteroatoms. The van der Waals surface area contributed by atoms with E-state index in [1.54, 1.807) is 4.68 Å². The molecule has 0 unspecified atom stereocenters. The second-order valence-corrected chi connectivity index (χ2v) is 6.20. The molecule has 4 rings (SSSR count). The number of halogens is 1. The smallest absolute Gasteiger partial charge is 0.184 e. The van der Waals surface area contributed by atoms with Gasteiger partial charge in [0.25, 0.3) is 0 Å². The molecule has 0 radical (unpaired) electrons. The molecule has 4 aromatic rings. The number of aryl methyl sites for hydroxylation is 1. The fourth-order valence-electron chi connectivity index (χ4n) is 2.61. The zero-order chi connectivity index (χ0) is 17.2. The van der Waals surface area contributed by atoms with E-state index in [1.807, 2.05) is 55.5 Å². The van der Waals surface area contributed by atoms with Crippen molar-refractivity contribution in [1.29, 1.82) is 0 Å². The van der Waals surface area contributed by atoms with Crippen molar-refractivity contribution < 1.29 is 0 Å². The van der Waals surface area contributed by atoms with E-state index in [9.17, 15) is 0 Å². The molecule has 0 bridgehead atoms. The monoisotopic (exact) mass is 350 g/mol. The van der Waals surface area contributed by atoms with Crippen LogP contribution in [0.2, 0.25) is 5.02 Å². The number of hydrogen-bond acceptors (Lipinski definition) is 5. The first kappa shape index (κ1) is 15.5. The van der Waals surface area contributed by atoms with Crippen LogP contribution in [0.15, 0.2) is 54.9 Å². The molecule has 2 aromatic carbocycles. The van der Waals surface area contributed by atoms with E-state index in [-0.39, 0.29) is 0 Å². The van der Waals surface area contributed by atoms with Gasteiger partial charge in [0.15, 0.2) is 17.0 Å². The summed E-state index contributed by atoms with van der Waals surface area (Å²) in [7, 11) is 0. The van der Waals surface area contributed by atoms with Gasteiger partial charge in [0.05, 0.1) is 6.54 Å². The predicted molar refractivity (Wildman–Crippen MR) is 98.1 cm³/mol. The molecule has 2 aromatic heterocycles. The summed E-state index contributed by atoms with van der Waals surface area (Å²) in [5, 5.41) is 12.5. The molecule has 0 aliphatic heterocycles. The van der Waals surface area contributed by atoms with Crippen LogP contribution in [0.3, 0.4) is 0 Å². The van der Waals surface area contributed by atoms with Crippen LogP contribution >= 0.6 is 11.6 Å². The summed E-state index contributed by atoms with van der Waals surface area (Å²) in [6.07, 6.45) is 1.52. The zero-order valence-electron chi connectivity index (χ0n) is 13.5. The van der Waals surface area contributed by atoms with Crippen LogP contribution in [0.25, 0.3) is 11.2 Å². The summed E-state index contributed by atoms with van der Waals surface area (Å²) < 4.78 is 1.75. The number of rotatable bonds is 4. The highest BCUT2D eigenvalue weighted by atomic mass is 35.5. The summed E-state index contributed by atoms with van der Waals surface area (Å²) in [4.78, 5) is 8.64. The highest BCUT2D eigenvalue weighted by molar-refractivity contribution is 6.30. The van der Waals surface area contributed by atoms with Gasteiger partial charge < -0.3 is 5.32 Å². The normalized spacial score (nSPS) is 11.0. The molecule has 1 N–H and O–H groups in total. The van der Waals surface area contributed by atoms with Gasteiger partial charge in [-0.25, -0.2) is 14.6 Å². The lowest BCUT2D eigenvalue weighted by molar-refractivity contribution is 0.664. The molecule has 0 aliphatic carbocycles. The SMILES string of the molecule is Cc1cccc(Nc2ncnc3c2nnn3Cc2ccc(Cl)cc2)c1. The lowest BCUT2D eigenvalue weighted by Crippen LogP contribution is -2.03. The van der Waals surface area contributed by atoms with E-state index in [0.29, 0.717) is 28.5 Å². The highest BCUT2D eigenvalue weighted by Gasteiger charge is 2.12. The molecule has 0 saturated heterocycles. The second-order valence-electron chi connectivity index (χ2n) is 5.76. The third kappa shape index (κ3) is 3.29. The Hall–Kier alpha value is -2.99. The Morgan fingerprint density at radius 2 is 1.92 bits per heavy atom. The van der Waals surface area contributed by atoms with Crippen LogP contribution in [0, 0.1) is 6.92 Å². The Bertz CT molecular complexity index is 1030. The van der Waals surface area contributed by atoms with E-state index < -0.39 is 0 Å². The maximum absolute atomic E-state index is 5.93. The highest BCUT2D eigenvalue weighted by Crippen LogP contribution is 2.22. The van der Waals surface area contributed by atoms with Crippen LogP contribution in [0.1, 0.15) is 11.1 Å². The molecule has 2 heterocycles. The fraction of sp³-hybridized carbons (Fsp3) is 0.111. The average Bonchev–Trinajstić information content (AvgIpc) is 3.01. The number of anilines is 2. The third-order valence-corrected chi connectivity index (χ3v) is 4.08. The van der Waals surface area contributed by atoms with Gasteiger partial charge in [-0.3, -0.25) is 0 Å². The molecule has 0 saturated carbocycles. The minimum absolute atomic E-state index is 0.564. The van der Waals surface area contributed by atoms with E-state index >= 15 is 0 Å². The van der Waals surface area contributed by atoms with Crippen molar-refractivity contribution in [3.8, 4) is 0 Å². The van der Waals surface area contributed by atoms with Crippen LogP contribution in [0.5, 0.6) is 0 Å². The third-order valence-electron chi connectivity index (χ3n) is 3.83. The van der Waals surface area contributed by atoms with Crippen LogP contribution in [-0.2, 0) is 6.54 Å². The molecule has 0 aliphatic rings. The molecule has 0 fully saturated rings. The van der Waals surface area contributed by atoms with E-state index in [1.165, 1.54) is 11.9 Å². The number of fused-ring (bicyclic) bond motifs is 1. The molecule has 6 nitrogen and oxygen atoms in total. The lowest BCUT2D eigenvalue weighted by atomic mass is 10.2. The van der Waals surface area contributed by atoms with Crippen molar-refractivity contribution in [1.82, 2.24) is 25.0 Å². The topological polar surface area (TPSA) is 68.5 Å². The average molecular weight is 351 g/mol. The van der Waals surface area contributed by atoms with Crippen molar-refractivity contribution in [2.24, 2.45) is 0 Å². The van der Waals surface area contributed by atoms with Crippen molar-refractivity contribution in [3.05, 3.63) is 71.0 Å². The van der Waals surface area contributed by atoms with E-state index in [4.69, 9.17) is 11.6 Å². The Balaban J connectivity index is 1.66. The lowest BCUT2D eigenvalue weighted by Gasteiger charge is -2.06. The van der Waals surface area contributed by atoms with Crippen molar-refractivity contribution in [2.75, 3.05) is 5.32 Å². The Morgan fingerprint density at radius 1 is 1.08 bits per heavy atom. The predicted octanol–water partition coefficient (Wildman–Crippen LogP) is 3.98. The fourth-order valence-corrected chi connectivity index (χ4v) is 2.74. The van der Waals surface area contributed by atoms with Gasteiger partial charge in [-0.05, 0) is 42.3 Å². The number of aromatic nitrogens is 5. The Morgan fingerprint density at radius 3 is 2.72 bits per heavy atom. The van der Waals surface area contributed by atoms with Crippen LogP contribution in [-0.4, -0.2) is 25.0 Å². The summed E-state index contributed by atoms with van der Waals surface area (Å²) in [5.74, 6) is 0.637. The molecular weight excluding hydrogens is 336 g/mol. The van der Waals surface area contributed by atoms with Crippen molar-refractivity contribution in [3.63, 3.8) is 0 Å².